The van der Waals surface area contributed by atoms with Crippen LogP contribution in [0.5, 0.6) is 11.5 Å². The summed E-state index contributed by atoms with van der Waals surface area (Å²) in [5.41, 5.74) is 0.801. The van der Waals surface area contributed by atoms with Crippen molar-refractivity contribution in [2.75, 3.05) is 26.4 Å². The van der Waals surface area contributed by atoms with E-state index in [1.54, 1.807) is 42.5 Å². The number of ketones is 1. The zero-order chi connectivity index (χ0) is 21.5. The monoisotopic (exact) mass is 417 g/mol. The second-order valence-corrected chi connectivity index (χ2v) is 6.89. The molecular weight excluding hydrogens is 388 g/mol. The Kier molecular flexibility index (Phi) is 12.3. The van der Waals surface area contributed by atoms with E-state index in [2.05, 4.69) is 6.58 Å². The molecule has 0 fully saturated rings. The summed E-state index contributed by atoms with van der Waals surface area (Å²) >= 11 is 0. The maximum Gasteiger partial charge on any atom is 0.577 e. The van der Waals surface area contributed by atoms with E-state index >= 15 is 0 Å². The lowest BCUT2D eigenvalue weighted by Gasteiger charge is -2.10. The number of benzene rings is 2. The highest BCUT2D eigenvalue weighted by molar-refractivity contribution is 6.36. The average Bonchev–Trinajstić information content (AvgIpc) is 2.73. The molecule has 157 valence electrons. The first-order chi connectivity index (χ1) is 14.1. The molecule has 0 bridgehead atoms. The van der Waals surface area contributed by atoms with Gasteiger partial charge in [0.1, 0.15) is 18.1 Å². The fraction of sp³-hybridized carbons (Fsp3) is 0.318. The van der Waals surface area contributed by atoms with Crippen LogP contribution >= 0.6 is 0 Å². The minimum Gasteiger partial charge on any atom is -0.507 e. The molecular formula is C22H29O6Si. The van der Waals surface area contributed by atoms with Crippen LogP contribution in [0.15, 0.2) is 61.2 Å². The van der Waals surface area contributed by atoms with Gasteiger partial charge in [0.2, 0.25) is 0 Å². The van der Waals surface area contributed by atoms with Gasteiger partial charge in [-0.2, -0.15) is 0 Å². The SMILES string of the molecule is C=CCOc1ccc(C(=O)c2ccccc2)c(O)c1.CCO[Si](OCC)OCC. The number of carbonyl (C=O) groups is 1. The summed E-state index contributed by atoms with van der Waals surface area (Å²) in [6.45, 7) is 11.7. The van der Waals surface area contributed by atoms with Crippen LogP contribution in [-0.2, 0) is 13.3 Å². The minimum atomic E-state index is -1.40. The maximum absolute atomic E-state index is 12.2. The number of rotatable bonds is 11. The van der Waals surface area contributed by atoms with Crippen molar-refractivity contribution < 1.29 is 27.9 Å². The third kappa shape index (κ3) is 9.06. The number of aromatic hydroxyl groups is 1. The molecule has 0 heterocycles. The van der Waals surface area contributed by atoms with Crippen molar-refractivity contribution in [2.45, 2.75) is 20.8 Å². The van der Waals surface area contributed by atoms with Crippen molar-refractivity contribution in [1.29, 1.82) is 0 Å². The molecule has 0 unspecified atom stereocenters. The van der Waals surface area contributed by atoms with Crippen LogP contribution in [0.4, 0.5) is 0 Å². The molecule has 2 rings (SSSR count). The third-order valence-corrected chi connectivity index (χ3v) is 4.98. The van der Waals surface area contributed by atoms with Crippen LogP contribution < -0.4 is 4.74 Å². The van der Waals surface area contributed by atoms with E-state index in [1.807, 2.05) is 26.8 Å². The smallest absolute Gasteiger partial charge is 0.507 e. The molecule has 0 amide bonds. The Morgan fingerprint density at radius 2 is 1.59 bits per heavy atom. The number of phenolic OH excluding ortho intramolecular Hbond substituents is 1. The molecule has 0 saturated heterocycles. The zero-order valence-electron chi connectivity index (χ0n) is 17.2. The lowest BCUT2D eigenvalue weighted by molar-refractivity contribution is 0.103. The Labute approximate surface area is 174 Å². The van der Waals surface area contributed by atoms with Crippen molar-refractivity contribution in [2.24, 2.45) is 0 Å². The maximum atomic E-state index is 12.2. The molecule has 7 heteroatoms. The molecule has 0 saturated carbocycles. The van der Waals surface area contributed by atoms with Gasteiger partial charge in [-0.25, -0.2) is 0 Å². The lowest BCUT2D eigenvalue weighted by Crippen LogP contribution is -2.27. The standard InChI is InChI=1S/C16H14O3.C6H15O3Si/c1-2-10-19-13-8-9-14(15(17)11-13)16(18)12-6-4-3-5-7-12;1-4-7-10(8-5-2)9-6-3/h2-9,11,17H,1,10H2;4-6H2,1-3H3. The van der Waals surface area contributed by atoms with Gasteiger partial charge in [0.05, 0.1) is 5.56 Å². The molecule has 29 heavy (non-hydrogen) atoms. The molecule has 0 atom stereocenters. The summed E-state index contributed by atoms with van der Waals surface area (Å²) in [6, 6.07) is 13.5. The van der Waals surface area contributed by atoms with Crippen molar-refractivity contribution in [3.05, 3.63) is 72.3 Å². The summed E-state index contributed by atoms with van der Waals surface area (Å²) in [5, 5.41) is 9.90. The quantitative estimate of drug-likeness (QED) is 0.334. The van der Waals surface area contributed by atoms with E-state index in [0.29, 0.717) is 37.7 Å². The van der Waals surface area contributed by atoms with Gasteiger partial charge in [-0.1, -0.05) is 43.0 Å². The predicted molar refractivity (Wildman–Crippen MR) is 114 cm³/mol. The van der Waals surface area contributed by atoms with Crippen LogP contribution in [0.3, 0.4) is 0 Å². The van der Waals surface area contributed by atoms with E-state index in [1.165, 1.54) is 6.07 Å². The first-order valence-electron chi connectivity index (χ1n) is 9.49. The highest BCUT2D eigenvalue weighted by Gasteiger charge is 2.15. The highest BCUT2D eigenvalue weighted by atomic mass is 28.3. The van der Waals surface area contributed by atoms with Gasteiger partial charge in [0.25, 0.3) is 0 Å². The first-order valence-corrected chi connectivity index (χ1v) is 10.7. The summed E-state index contributed by atoms with van der Waals surface area (Å²) in [4.78, 5) is 12.2. The summed E-state index contributed by atoms with van der Waals surface area (Å²) in [5.74, 6) is 0.200. The van der Waals surface area contributed by atoms with Crippen molar-refractivity contribution in [1.82, 2.24) is 0 Å². The van der Waals surface area contributed by atoms with Gasteiger partial charge in [0.15, 0.2) is 5.78 Å². The molecule has 6 nitrogen and oxygen atoms in total. The van der Waals surface area contributed by atoms with E-state index in [0.717, 1.165) is 0 Å². The number of ether oxygens (including phenoxy) is 1. The highest BCUT2D eigenvalue weighted by Crippen LogP contribution is 2.25. The van der Waals surface area contributed by atoms with Gasteiger partial charge in [-0.05, 0) is 32.9 Å². The predicted octanol–water partition coefficient (Wildman–Crippen LogP) is 4.27. The van der Waals surface area contributed by atoms with Gasteiger partial charge in [0, 0.05) is 31.5 Å². The van der Waals surface area contributed by atoms with Crippen molar-refractivity contribution >= 4 is 15.3 Å². The fourth-order valence-corrected chi connectivity index (χ4v) is 3.13. The van der Waals surface area contributed by atoms with Gasteiger partial charge in [-0.15, -0.1) is 0 Å². The Balaban J connectivity index is 0.000000359. The van der Waals surface area contributed by atoms with Gasteiger partial charge < -0.3 is 23.1 Å². The van der Waals surface area contributed by atoms with Crippen molar-refractivity contribution in [3.8, 4) is 11.5 Å². The van der Waals surface area contributed by atoms with Crippen LogP contribution in [0.1, 0.15) is 36.7 Å². The fourth-order valence-electron chi connectivity index (χ4n) is 2.17. The molecule has 2 aromatic rings. The van der Waals surface area contributed by atoms with E-state index in [-0.39, 0.29) is 17.1 Å². The number of carbonyl (C=O) groups excluding carboxylic acids is 1. The third-order valence-electron chi connectivity index (χ3n) is 3.40. The zero-order valence-corrected chi connectivity index (χ0v) is 18.2. The van der Waals surface area contributed by atoms with Crippen LogP contribution in [0.2, 0.25) is 0 Å². The molecule has 0 aliphatic heterocycles. The second kappa shape index (κ2) is 14.5. The van der Waals surface area contributed by atoms with E-state index in [9.17, 15) is 9.90 Å². The number of hydrogen-bond acceptors (Lipinski definition) is 6. The Hall–Kier alpha value is -2.45. The lowest BCUT2D eigenvalue weighted by atomic mass is 10.0. The van der Waals surface area contributed by atoms with Crippen LogP contribution in [0.25, 0.3) is 0 Å². The average molecular weight is 418 g/mol. The van der Waals surface area contributed by atoms with Crippen LogP contribution in [0, 0.1) is 0 Å². The molecule has 2 aromatic carbocycles. The Morgan fingerprint density at radius 3 is 2.07 bits per heavy atom. The summed E-state index contributed by atoms with van der Waals surface area (Å²) in [7, 11) is -1.40. The van der Waals surface area contributed by atoms with E-state index < -0.39 is 9.53 Å². The molecule has 1 N–H and O–H groups in total. The molecule has 0 spiro atoms. The van der Waals surface area contributed by atoms with Gasteiger partial charge >= 0.3 is 9.53 Å². The largest absolute Gasteiger partial charge is 0.577 e. The van der Waals surface area contributed by atoms with E-state index in [4.69, 9.17) is 18.0 Å². The second-order valence-electron chi connectivity index (χ2n) is 5.52. The molecule has 0 aromatic heterocycles. The molecule has 0 aliphatic carbocycles. The first kappa shape index (κ1) is 24.6. The van der Waals surface area contributed by atoms with Crippen LogP contribution in [-0.4, -0.2) is 46.8 Å². The number of phenols is 1. The number of hydrogen-bond donors (Lipinski definition) is 1. The molecule has 1 radical (unpaired) electrons. The summed E-state index contributed by atoms with van der Waals surface area (Å²) < 4.78 is 20.8. The normalized spacial score (nSPS) is 10.2. The molecule has 0 aliphatic rings. The minimum absolute atomic E-state index is 0.0876. The Bertz CT molecular complexity index is 721. The van der Waals surface area contributed by atoms with Gasteiger partial charge in [-0.3, -0.25) is 4.79 Å². The topological polar surface area (TPSA) is 74.2 Å². The summed E-state index contributed by atoms with van der Waals surface area (Å²) in [6.07, 6.45) is 1.61. The van der Waals surface area contributed by atoms with Crippen molar-refractivity contribution in [3.63, 3.8) is 0 Å². The Morgan fingerprint density at radius 1 is 1.00 bits per heavy atom.